The minimum atomic E-state index is -0.107. The number of benzene rings is 1. The zero-order valence-electron chi connectivity index (χ0n) is 14.8. The molecule has 0 saturated heterocycles. The first-order valence-corrected chi connectivity index (χ1v) is 8.29. The van der Waals surface area contributed by atoms with Crippen molar-refractivity contribution in [1.82, 2.24) is 9.36 Å². The molecule has 0 aliphatic carbocycles. The molecule has 0 radical (unpaired) electrons. The van der Waals surface area contributed by atoms with Crippen LogP contribution in [-0.4, -0.2) is 41.3 Å². The van der Waals surface area contributed by atoms with Crippen LogP contribution in [0.2, 0.25) is 0 Å². The van der Waals surface area contributed by atoms with E-state index in [2.05, 4.69) is 9.98 Å². The number of hydrogen-bond acceptors (Lipinski definition) is 3. The van der Waals surface area contributed by atoms with Gasteiger partial charge < -0.3 is 10.5 Å². The van der Waals surface area contributed by atoms with Crippen molar-refractivity contribution in [1.29, 1.82) is 0 Å². The predicted octanol–water partition coefficient (Wildman–Crippen LogP) is 1.08. The average Bonchev–Trinajstić information content (AvgIpc) is 2.78. The first-order chi connectivity index (χ1) is 12.0. The number of rotatable bonds is 2. The summed E-state index contributed by atoms with van der Waals surface area (Å²) in [5.41, 5.74) is 9.31. The van der Waals surface area contributed by atoms with Crippen LogP contribution in [0.15, 0.2) is 39.0 Å². The molecule has 1 aliphatic heterocycles. The van der Waals surface area contributed by atoms with Crippen molar-refractivity contribution < 1.29 is 4.74 Å². The highest BCUT2D eigenvalue weighted by molar-refractivity contribution is 6.11. The van der Waals surface area contributed by atoms with Crippen LogP contribution in [-0.2, 0) is 17.8 Å². The van der Waals surface area contributed by atoms with Crippen LogP contribution in [0.5, 0.6) is 0 Å². The summed E-state index contributed by atoms with van der Waals surface area (Å²) in [5, 5.41) is 0. The molecule has 1 aromatic carbocycles. The molecule has 1 aromatic heterocycles. The van der Waals surface area contributed by atoms with Crippen molar-refractivity contribution in [2.24, 2.45) is 15.7 Å². The molecular weight excluding hydrogens is 318 g/mol. The molecule has 7 nitrogen and oxygen atoms in total. The van der Waals surface area contributed by atoms with Gasteiger partial charge in [-0.05, 0) is 13.8 Å². The highest BCUT2D eigenvalue weighted by atomic mass is 16.5. The van der Waals surface area contributed by atoms with E-state index < -0.39 is 0 Å². The monoisotopic (exact) mass is 341 g/mol. The fourth-order valence-electron chi connectivity index (χ4n) is 3.00. The zero-order chi connectivity index (χ0) is 18.0. The van der Waals surface area contributed by atoms with Crippen molar-refractivity contribution in [3.63, 3.8) is 0 Å². The van der Waals surface area contributed by atoms with E-state index in [0.29, 0.717) is 43.5 Å². The van der Waals surface area contributed by atoms with Crippen LogP contribution in [0.3, 0.4) is 0 Å². The number of nitrogens with two attached hydrogens (primary N) is 1. The summed E-state index contributed by atoms with van der Waals surface area (Å²) in [6, 6.07) is 7.77. The van der Waals surface area contributed by atoms with Gasteiger partial charge in [0.15, 0.2) is 5.84 Å². The van der Waals surface area contributed by atoms with Crippen LogP contribution in [0, 0.1) is 13.8 Å². The molecule has 25 heavy (non-hydrogen) atoms. The fourth-order valence-corrected chi connectivity index (χ4v) is 3.00. The number of aromatic nitrogens is 2. The molecule has 7 heteroatoms. The van der Waals surface area contributed by atoms with Gasteiger partial charge in [0.05, 0.1) is 26.3 Å². The normalized spacial score (nSPS) is 15.8. The number of hydrogen-bond donors (Lipinski definition) is 1. The molecule has 3 rings (SSSR count). The molecule has 132 valence electrons. The Morgan fingerprint density at radius 3 is 2.40 bits per heavy atom. The number of aliphatic imine (C=N–C) groups is 2. The van der Waals surface area contributed by atoms with E-state index >= 15 is 0 Å². The highest BCUT2D eigenvalue weighted by Crippen LogP contribution is 2.11. The number of amidine groups is 2. The highest BCUT2D eigenvalue weighted by Gasteiger charge is 2.22. The molecule has 0 bridgehead atoms. The second-order valence-electron chi connectivity index (χ2n) is 6.03. The van der Waals surface area contributed by atoms with E-state index in [1.54, 1.807) is 11.7 Å². The molecule has 0 unspecified atom stereocenters. The Balaban J connectivity index is 2.04. The predicted molar refractivity (Wildman–Crippen MR) is 98.6 cm³/mol. The largest absolute Gasteiger partial charge is 0.383 e. The molecule has 0 saturated carbocycles. The second kappa shape index (κ2) is 7.06. The van der Waals surface area contributed by atoms with Gasteiger partial charge in [0.2, 0.25) is 0 Å². The van der Waals surface area contributed by atoms with E-state index in [1.807, 2.05) is 42.8 Å². The van der Waals surface area contributed by atoms with Gasteiger partial charge in [-0.25, -0.2) is 9.67 Å². The van der Waals surface area contributed by atoms with E-state index in [-0.39, 0.29) is 5.56 Å². The van der Waals surface area contributed by atoms with E-state index in [9.17, 15) is 4.79 Å². The maximum absolute atomic E-state index is 12.8. The third-order valence-corrected chi connectivity index (χ3v) is 4.39. The van der Waals surface area contributed by atoms with Crippen LogP contribution in [0.4, 0.5) is 0 Å². The summed E-state index contributed by atoms with van der Waals surface area (Å²) in [6.07, 6.45) is 0. The first kappa shape index (κ1) is 17.2. The minimum absolute atomic E-state index is 0.107. The smallest absolute Gasteiger partial charge is 0.278 e. The number of aryl methyl sites for hydroxylation is 1. The number of fused-ring (bicyclic) bond motifs is 1. The molecule has 1 aliphatic rings. The molecule has 0 spiro atoms. The first-order valence-electron chi connectivity index (χ1n) is 8.29. The summed E-state index contributed by atoms with van der Waals surface area (Å²) in [7, 11) is 1.62. The number of nitrogens with zero attached hydrogens (tertiary/aromatic N) is 4. The third-order valence-electron chi connectivity index (χ3n) is 4.39. The lowest BCUT2D eigenvalue weighted by atomic mass is 10.1. The van der Waals surface area contributed by atoms with Gasteiger partial charge in [-0.2, -0.15) is 0 Å². The van der Waals surface area contributed by atoms with Gasteiger partial charge in [-0.1, -0.05) is 29.8 Å². The SMILES string of the molecule is CN=C(N=C(N)c1ccc(C)cc1)c1c(C)n2n(c1=O)CCOCC2. The zero-order valence-corrected chi connectivity index (χ0v) is 14.8. The lowest BCUT2D eigenvalue weighted by Gasteiger charge is -2.07. The van der Waals surface area contributed by atoms with Gasteiger partial charge in [0.1, 0.15) is 11.4 Å². The summed E-state index contributed by atoms with van der Waals surface area (Å²) in [4.78, 5) is 21.5. The Morgan fingerprint density at radius 2 is 1.76 bits per heavy atom. The van der Waals surface area contributed by atoms with E-state index in [4.69, 9.17) is 10.5 Å². The summed E-state index contributed by atoms with van der Waals surface area (Å²) in [5.74, 6) is 0.698. The summed E-state index contributed by atoms with van der Waals surface area (Å²) in [6.45, 7) is 6.18. The Bertz CT molecular complexity index is 887. The van der Waals surface area contributed by atoms with E-state index in [0.717, 1.165) is 16.8 Å². The Kier molecular flexibility index (Phi) is 4.85. The maximum atomic E-state index is 12.8. The lowest BCUT2D eigenvalue weighted by Crippen LogP contribution is -2.26. The van der Waals surface area contributed by atoms with Crippen molar-refractivity contribution in [2.75, 3.05) is 20.3 Å². The molecule has 0 amide bonds. The van der Waals surface area contributed by atoms with Gasteiger partial charge in [-0.15, -0.1) is 0 Å². The van der Waals surface area contributed by atoms with E-state index in [1.165, 1.54) is 0 Å². The van der Waals surface area contributed by atoms with Crippen LogP contribution < -0.4 is 11.3 Å². The quantitative estimate of drug-likeness (QED) is 0.655. The third kappa shape index (κ3) is 3.28. The Labute approximate surface area is 146 Å². The van der Waals surface area contributed by atoms with Crippen molar-refractivity contribution in [3.05, 3.63) is 57.0 Å². The summed E-state index contributed by atoms with van der Waals surface area (Å²) >= 11 is 0. The summed E-state index contributed by atoms with van der Waals surface area (Å²) < 4.78 is 9.08. The molecule has 2 aromatic rings. The Morgan fingerprint density at radius 1 is 1.12 bits per heavy atom. The van der Waals surface area contributed by atoms with Gasteiger partial charge in [0, 0.05) is 18.3 Å². The molecule has 2 N–H and O–H groups in total. The van der Waals surface area contributed by atoms with Crippen molar-refractivity contribution in [3.8, 4) is 0 Å². The van der Waals surface area contributed by atoms with Crippen LogP contribution in [0.25, 0.3) is 0 Å². The molecule has 0 atom stereocenters. The van der Waals surface area contributed by atoms with Gasteiger partial charge >= 0.3 is 0 Å². The molecular formula is C18H23N5O2. The van der Waals surface area contributed by atoms with Crippen molar-refractivity contribution >= 4 is 11.7 Å². The molecule has 0 fully saturated rings. The fraction of sp³-hybridized carbons (Fsp3) is 0.389. The van der Waals surface area contributed by atoms with Crippen LogP contribution >= 0.6 is 0 Å². The number of ether oxygens (including phenoxy) is 1. The average molecular weight is 341 g/mol. The van der Waals surface area contributed by atoms with Crippen LogP contribution in [0.1, 0.15) is 22.4 Å². The maximum Gasteiger partial charge on any atom is 0.278 e. The topological polar surface area (TPSA) is 86.9 Å². The molecule has 2 heterocycles. The lowest BCUT2D eigenvalue weighted by molar-refractivity contribution is 0.137. The van der Waals surface area contributed by atoms with Gasteiger partial charge in [-0.3, -0.25) is 14.5 Å². The standard InChI is InChI=1S/C18H23N5O2/c1-12-4-6-14(7-5-12)16(19)21-17(20-3)15-13(2)22-8-10-25-11-9-23(22)18(15)24/h4-7H,8-11H2,1-3H3,(H2,19,20,21). The van der Waals surface area contributed by atoms with Gasteiger partial charge in [0.25, 0.3) is 5.56 Å². The minimum Gasteiger partial charge on any atom is -0.383 e. The Hall–Kier alpha value is -2.67. The second-order valence-corrected chi connectivity index (χ2v) is 6.03. The van der Waals surface area contributed by atoms with Crippen molar-refractivity contribution in [2.45, 2.75) is 26.9 Å².